The zero-order valence-corrected chi connectivity index (χ0v) is 11.9. The molecule has 2 heterocycles. The van der Waals surface area contributed by atoms with Crippen LogP contribution in [-0.4, -0.2) is 26.9 Å². The van der Waals surface area contributed by atoms with Crippen molar-refractivity contribution in [2.24, 2.45) is 5.73 Å². The summed E-state index contributed by atoms with van der Waals surface area (Å²) in [6.45, 7) is 4.33. The first-order valence-corrected chi connectivity index (χ1v) is 8.14. The van der Waals surface area contributed by atoms with Crippen molar-refractivity contribution in [2.45, 2.75) is 43.2 Å². The second-order valence-corrected chi connectivity index (χ2v) is 6.99. The maximum absolute atomic E-state index is 5.97. The fourth-order valence-corrected chi connectivity index (χ4v) is 4.54. The van der Waals surface area contributed by atoms with Gasteiger partial charge in [-0.2, -0.15) is 16.7 Å². The Morgan fingerprint density at radius 1 is 1.47 bits per heavy atom. The lowest BCUT2D eigenvalue weighted by Crippen LogP contribution is -2.17. The van der Waals surface area contributed by atoms with Gasteiger partial charge in [0.05, 0.1) is 11.3 Å². The summed E-state index contributed by atoms with van der Waals surface area (Å²) in [4.78, 5) is 4.47. The summed E-state index contributed by atoms with van der Waals surface area (Å²) in [7, 11) is 0. The first kappa shape index (κ1) is 13.2. The molecule has 0 saturated carbocycles. The number of nitrogens with two attached hydrogens (primary N) is 1. The van der Waals surface area contributed by atoms with Crippen LogP contribution in [0.5, 0.6) is 0 Å². The highest BCUT2D eigenvalue weighted by Gasteiger charge is 2.29. The minimum Gasteiger partial charge on any atom is -0.338 e. The molecule has 0 bridgehead atoms. The van der Waals surface area contributed by atoms with Crippen LogP contribution in [0.1, 0.15) is 49.7 Å². The van der Waals surface area contributed by atoms with E-state index in [2.05, 4.69) is 24.0 Å². The standard InChI is InChI=1S/C11H19N3OS2/c1-3-4-8(12)11-13-10(14-15-11)9-7(2)16-5-6-17-9/h7-9H,3-6,12H2,1-2H3. The maximum Gasteiger partial charge on any atom is 0.243 e. The van der Waals surface area contributed by atoms with E-state index in [0.717, 1.165) is 24.4 Å². The van der Waals surface area contributed by atoms with Crippen LogP contribution in [0.25, 0.3) is 0 Å². The Labute approximate surface area is 110 Å². The molecule has 1 aromatic rings. The van der Waals surface area contributed by atoms with Crippen molar-refractivity contribution in [1.82, 2.24) is 10.1 Å². The van der Waals surface area contributed by atoms with Gasteiger partial charge in [0.2, 0.25) is 5.89 Å². The van der Waals surface area contributed by atoms with E-state index in [4.69, 9.17) is 10.3 Å². The molecule has 1 fully saturated rings. The minimum absolute atomic E-state index is 0.113. The fourth-order valence-electron chi connectivity index (χ4n) is 1.86. The van der Waals surface area contributed by atoms with Crippen LogP contribution >= 0.6 is 23.5 Å². The Kier molecular flexibility index (Phi) is 4.76. The molecule has 4 nitrogen and oxygen atoms in total. The third-order valence-corrected chi connectivity index (χ3v) is 5.90. The highest BCUT2D eigenvalue weighted by Crippen LogP contribution is 2.41. The molecule has 0 spiro atoms. The number of aromatic nitrogens is 2. The van der Waals surface area contributed by atoms with Crippen LogP contribution in [0.15, 0.2) is 4.52 Å². The zero-order valence-electron chi connectivity index (χ0n) is 10.3. The topological polar surface area (TPSA) is 64.9 Å². The van der Waals surface area contributed by atoms with Crippen molar-refractivity contribution >= 4 is 23.5 Å². The normalized spacial score (nSPS) is 27.0. The number of hydrogen-bond donors (Lipinski definition) is 1. The van der Waals surface area contributed by atoms with Crippen molar-refractivity contribution in [3.05, 3.63) is 11.7 Å². The average molecular weight is 273 g/mol. The largest absolute Gasteiger partial charge is 0.338 e. The molecule has 1 aliphatic heterocycles. The molecular formula is C11H19N3OS2. The predicted molar refractivity (Wildman–Crippen MR) is 73.3 cm³/mol. The molecule has 3 atom stereocenters. The van der Waals surface area contributed by atoms with E-state index in [9.17, 15) is 0 Å². The van der Waals surface area contributed by atoms with Gasteiger partial charge in [-0.3, -0.25) is 0 Å². The summed E-state index contributed by atoms with van der Waals surface area (Å²) in [5.74, 6) is 3.77. The average Bonchev–Trinajstić information content (AvgIpc) is 2.79. The molecule has 17 heavy (non-hydrogen) atoms. The second kappa shape index (κ2) is 6.11. The van der Waals surface area contributed by atoms with Crippen molar-refractivity contribution in [3.8, 4) is 0 Å². The van der Waals surface area contributed by atoms with E-state index < -0.39 is 0 Å². The van der Waals surface area contributed by atoms with Crippen molar-refractivity contribution < 1.29 is 4.52 Å². The van der Waals surface area contributed by atoms with Gasteiger partial charge in [-0.05, 0) is 6.42 Å². The number of nitrogens with zero attached hydrogens (tertiary/aromatic N) is 2. The van der Waals surface area contributed by atoms with E-state index in [1.165, 1.54) is 5.75 Å². The van der Waals surface area contributed by atoms with Crippen LogP contribution in [0, 0.1) is 0 Å². The highest BCUT2D eigenvalue weighted by molar-refractivity contribution is 8.06. The number of hydrogen-bond acceptors (Lipinski definition) is 6. The molecule has 1 aromatic heterocycles. The summed E-state index contributed by atoms with van der Waals surface area (Å²) in [6.07, 6.45) is 1.92. The molecular weight excluding hydrogens is 254 g/mol. The zero-order chi connectivity index (χ0) is 12.3. The lowest BCUT2D eigenvalue weighted by Gasteiger charge is -2.24. The molecule has 2 N–H and O–H groups in total. The monoisotopic (exact) mass is 273 g/mol. The molecule has 0 radical (unpaired) electrons. The van der Waals surface area contributed by atoms with Gasteiger partial charge in [0, 0.05) is 16.8 Å². The van der Waals surface area contributed by atoms with Crippen molar-refractivity contribution in [1.29, 1.82) is 0 Å². The van der Waals surface area contributed by atoms with Gasteiger partial charge in [-0.25, -0.2) is 0 Å². The molecule has 3 unspecified atom stereocenters. The van der Waals surface area contributed by atoms with Crippen LogP contribution in [0.4, 0.5) is 0 Å². The van der Waals surface area contributed by atoms with Gasteiger partial charge < -0.3 is 10.3 Å². The summed E-state index contributed by atoms with van der Waals surface area (Å²) < 4.78 is 5.27. The Morgan fingerprint density at radius 2 is 2.24 bits per heavy atom. The Hall–Kier alpha value is -0.200. The molecule has 0 amide bonds. The van der Waals surface area contributed by atoms with Crippen LogP contribution in [-0.2, 0) is 0 Å². The van der Waals surface area contributed by atoms with E-state index in [1.54, 1.807) is 0 Å². The highest BCUT2D eigenvalue weighted by atomic mass is 32.2. The van der Waals surface area contributed by atoms with Crippen LogP contribution in [0.3, 0.4) is 0 Å². The van der Waals surface area contributed by atoms with E-state index in [-0.39, 0.29) is 6.04 Å². The van der Waals surface area contributed by atoms with Gasteiger partial charge in [0.25, 0.3) is 0 Å². The van der Waals surface area contributed by atoms with Crippen molar-refractivity contribution in [3.63, 3.8) is 0 Å². The van der Waals surface area contributed by atoms with Crippen LogP contribution < -0.4 is 5.73 Å². The van der Waals surface area contributed by atoms with Gasteiger partial charge in [-0.1, -0.05) is 25.4 Å². The van der Waals surface area contributed by atoms with Gasteiger partial charge in [-0.15, -0.1) is 11.8 Å². The number of thioether (sulfide) groups is 2. The predicted octanol–water partition coefficient (Wildman–Crippen LogP) is 2.78. The molecule has 96 valence electrons. The van der Waals surface area contributed by atoms with E-state index >= 15 is 0 Å². The van der Waals surface area contributed by atoms with Gasteiger partial charge in [0.1, 0.15) is 0 Å². The number of rotatable bonds is 4. The van der Waals surface area contributed by atoms with E-state index in [0.29, 0.717) is 16.4 Å². The first-order chi connectivity index (χ1) is 8.22. The SMILES string of the molecule is CCCC(N)c1nc(C2SCCSC2C)no1. The third-order valence-electron chi connectivity index (χ3n) is 2.82. The Morgan fingerprint density at radius 3 is 2.94 bits per heavy atom. The smallest absolute Gasteiger partial charge is 0.243 e. The summed E-state index contributed by atoms with van der Waals surface area (Å²) in [6, 6.07) is -0.113. The van der Waals surface area contributed by atoms with Gasteiger partial charge >= 0.3 is 0 Å². The van der Waals surface area contributed by atoms with E-state index in [1.807, 2.05) is 23.5 Å². The summed E-state index contributed by atoms with van der Waals surface area (Å²) in [5.41, 5.74) is 5.97. The van der Waals surface area contributed by atoms with Crippen molar-refractivity contribution in [2.75, 3.05) is 11.5 Å². The summed E-state index contributed by atoms with van der Waals surface area (Å²) in [5, 5.41) is 4.98. The van der Waals surface area contributed by atoms with Gasteiger partial charge in [0.15, 0.2) is 5.82 Å². The first-order valence-electron chi connectivity index (χ1n) is 6.04. The second-order valence-electron chi connectivity index (χ2n) is 4.25. The Bertz CT molecular complexity index is 358. The third kappa shape index (κ3) is 3.17. The molecule has 6 heteroatoms. The maximum atomic E-state index is 5.97. The Balaban J connectivity index is 2.06. The molecule has 2 rings (SSSR count). The molecule has 0 aliphatic carbocycles. The fraction of sp³-hybridized carbons (Fsp3) is 0.818. The lowest BCUT2D eigenvalue weighted by atomic mass is 10.2. The molecule has 0 aromatic carbocycles. The molecule has 1 saturated heterocycles. The lowest BCUT2D eigenvalue weighted by molar-refractivity contribution is 0.344. The molecule has 1 aliphatic rings. The minimum atomic E-state index is -0.113. The van der Waals surface area contributed by atoms with Crippen LogP contribution in [0.2, 0.25) is 0 Å². The quantitative estimate of drug-likeness (QED) is 0.910. The summed E-state index contributed by atoms with van der Waals surface area (Å²) >= 11 is 3.89.